The molecule has 6 nitrogen and oxygen atoms in total. The van der Waals surface area contributed by atoms with Gasteiger partial charge in [0.05, 0.1) is 13.2 Å². The molecule has 166 valence electrons. The fraction of sp³-hybridized carbons (Fsp3) is 0.480. The number of nitrogens with one attached hydrogen (secondary N) is 1. The zero-order valence-electron chi connectivity index (χ0n) is 18.3. The number of primary amides is 1. The normalized spacial score (nSPS) is 21.8. The van der Waals surface area contributed by atoms with Gasteiger partial charge in [-0.1, -0.05) is 30.3 Å². The maximum absolute atomic E-state index is 12.0. The molecule has 2 aliphatic rings. The molecule has 2 aromatic carbocycles. The number of nitrogens with zero attached hydrogens (tertiary/aromatic N) is 1. The summed E-state index contributed by atoms with van der Waals surface area (Å²) in [5, 5.41) is 3.61. The van der Waals surface area contributed by atoms with E-state index in [2.05, 4.69) is 34.5 Å². The van der Waals surface area contributed by atoms with Crippen molar-refractivity contribution in [1.82, 2.24) is 5.32 Å². The molecule has 2 aromatic rings. The Morgan fingerprint density at radius 3 is 2.65 bits per heavy atom. The second-order valence-corrected chi connectivity index (χ2v) is 8.79. The minimum absolute atomic E-state index is 0.263. The van der Waals surface area contributed by atoms with Crippen LogP contribution < -0.4 is 25.4 Å². The summed E-state index contributed by atoms with van der Waals surface area (Å²) in [6.07, 6.45) is 5.94. The van der Waals surface area contributed by atoms with E-state index in [0.717, 1.165) is 49.5 Å². The van der Waals surface area contributed by atoms with Crippen molar-refractivity contribution in [3.05, 3.63) is 54.1 Å². The van der Waals surface area contributed by atoms with Crippen LogP contribution in [0.15, 0.2) is 48.5 Å². The maximum Gasteiger partial charge on any atom is 0.219 e. The zero-order chi connectivity index (χ0) is 21.7. The van der Waals surface area contributed by atoms with Crippen molar-refractivity contribution in [3.8, 4) is 11.5 Å². The molecule has 3 N–H and O–H groups in total. The van der Waals surface area contributed by atoms with Crippen LogP contribution in [-0.4, -0.2) is 44.3 Å². The van der Waals surface area contributed by atoms with E-state index in [9.17, 15) is 4.79 Å². The summed E-state index contributed by atoms with van der Waals surface area (Å²) in [4.78, 5) is 14.3. The summed E-state index contributed by atoms with van der Waals surface area (Å²) in [6, 6.07) is 16.4. The number of hydrogen-bond acceptors (Lipinski definition) is 5. The van der Waals surface area contributed by atoms with Gasteiger partial charge in [-0.2, -0.15) is 0 Å². The standard InChI is InChI=1S/C25H33N3O3/c1-30-22-12-11-20(15-23(22)31-21-9-5-6-10-21)28-14-13-27-25(18-28,17-24(26)29)16-19-7-3-2-4-8-19/h2-4,7-8,11-12,15,21,27H,5-6,9-10,13-14,16-18H2,1H3,(H2,26,29). The molecule has 1 aliphatic heterocycles. The molecule has 2 fully saturated rings. The largest absolute Gasteiger partial charge is 0.493 e. The lowest BCUT2D eigenvalue weighted by atomic mass is 9.85. The van der Waals surface area contributed by atoms with Crippen LogP contribution in [0.2, 0.25) is 0 Å². The Balaban J connectivity index is 1.57. The Bertz CT molecular complexity index is 883. The molecule has 1 saturated heterocycles. The summed E-state index contributed by atoms with van der Waals surface area (Å²) < 4.78 is 11.9. The second kappa shape index (κ2) is 9.60. The van der Waals surface area contributed by atoms with Crippen molar-refractivity contribution < 1.29 is 14.3 Å². The zero-order valence-corrected chi connectivity index (χ0v) is 18.3. The minimum Gasteiger partial charge on any atom is -0.493 e. The van der Waals surface area contributed by atoms with E-state index < -0.39 is 5.54 Å². The molecule has 4 rings (SSSR count). The first kappa shape index (κ1) is 21.5. The molecular formula is C25H33N3O3. The predicted molar refractivity (Wildman–Crippen MR) is 123 cm³/mol. The molecule has 1 atom stereocenters. The quantitative estimate of drug-likeness (QED) is 0.681. The molecule has 0 radical (unpaired) electrons. The number of hydrogen-bond donors (Lipinski definition) is 2. The van der Waals surface area contributed by atoms with E-state index in [1.807, 2.05) is 24.3 Å². The molecule has 1 amide bonds. The van der Waals surface area contributed by atoms with Crippen molar-refractivity contribution in [3.63, 3.8) is 0 Å². The molecule has 1 aliphatic carbocycles. The van der Waals surface area contributed by atoms with Crippen LogP contribution in [0.4, 0.5) is 5.69 Å². The molecule has 1 heterocycles. The Morgan fingerprint density at radius 2 is 1.94 bits per heavy atom. The van der Waals surface area contributed by atoms with Gasteiger partial charge in [-0.15, -0.1) is 0 Å². The molecule has 1 unspecified atom stereocenters. The SMILES string of the molecule is COc1ccc(N2CCNC(CC(N)=O)(Cc3ccccc3)C2)cc1OC1CCCC1. The third kappa shape index (κ3) is 5.31. The Morgan fingerprint density at radius 1 is 1.16 bits per heavy atom. The van der Waals surface area contributed by atoms with Gasteiger partial charge in [-0.05, 0) is 49.8 Å². The fourth-order valence-corrected chi connectivity index (χ4v) is 4.94. The first-order valence-electron chi connectivity index (χ1n) is 11.2. The highest BCUT2D eigenvalue weighted by Crippen LogP contribution is 2.36. The Kier molecular flexibility index (Phi) is 6.66. The fourth-order valence-electron chi connectivity index (χ4n) is 4.94. The van der Waals surface area contributed by atoms with E-state index in [-0.39, 0.29) is 12.0 Å². The number of amides is 1. The van der Waals surface area contributed by atoms with Crippen LogP contribution in [0.5, 0.6) is 11.5 Å². The first-order valence-corrected chi connectivity index (χ1v) is 11.2. The van der Waals surface area contributed by atoms with Crippen molar-refractivity contribution in [2.24, 2.45) is 5.73 Å². The first-order chi connectivity index (χ1) is 15.1. The third-order valence-corrected chi connectivity index (χ3v) is 6.38. The number of piperazine rings is 1. The summed E-state index contributed by atoms with van der Waals surface area (Å²) in [6.45, 7) is 2.33. The van der Waals surface area contributed by atoms with Gasteiger partial charge in [0, 0.05) is 43.3 Å². The van der Waals surface area contributed by atoms with Gasteiger partial charge in [0.2, 0.25) is 5.91 Å². The predicted octanol–water partition coefficient (Wildman–Crippen LogP) is 3.28. The number of carbonyl (C=O) groups excluding carboxylic acids is 1. The van der Waals surface area contributed by atoms with Crippen LogP contribution in [0, 0.1) is 0 Å². The lowest BCUT2D eigenvalue weighted by molar-refractivity contribution is -0.119. The summed E-state index contributed by atoms with van der Waals surface area (Å²) in [5.41, 5.74) is 7.53. The van der Waals surface area contributed by atoms with E-state index in [1.54, 1.807) is 7.11 Å². The van der Waals surface area contributed by atoms with Gasteiger partial charge < -0.3 is 25.4 Å². The van der Waals surface area contributed by atoms with Crippen LogP contribution in [0.1, 0.15) is 37.7 Å². The van der Waals surface area contributed by atoms with Crippen molar-refractivity contribution in [2.45, 2.75) is 50.2 Å². The molecule has 0 aromatic heterocycles. The highest BCUT2D eigenvalue weighted by molar-refractivity contribution is 5.75. The van der Waals surface area contributed by atoms with Gasteiger partial charge in [0.1, 0.15) is 0 Å². The van der Waals surface area contributed by atoms with Crippen LogP contribution >= 0.6 is 0 Å². The van der Waals surface area contributed by atoms with Crippen molar-refractivity contribution >= 4 is 11.6 Å². The number of carbonyl (C=O) groups is 1. The van der Waals surface area contributed by atoms with Gasteiger partial charge >= 0.3 is 0 Å². The monoisotopic (exact) mass is 423 g/mol. The van der Waals surface area contributed by atoms with Gasteiger partial charge in [0.25, 0.3) is 0 Å². The van der Waals surface area contributed by atoms with Gasteiger partial charge in [-0.25, -0.2) is 0 Å². The highest BCUT2D eigenvalue weighted by Gasteiger charge is 2.37. The molecule has 0 spiro atoms. The smallest absolute Gasteiger partial charge is 0.219 e. The highest BCUT2D eigenvalue weighted by atomic mass is 16.5. The number of ether oxygens (including phenoxy) is 2. The average molecular weight is 424 g/mol. The lowest BCUT2D eigenvalue weighted by Gasteiger charge is -2.44. The number of anilines is 1. The lowest BCUT2D eigenvalue weighted by Crippen LogP contribution is -2.63. The van der Waals surface area contributed by atoms with E-state index in [0.29, 0.717) is 13.0 Å². The maximum atomic E-state index is 12.0. The third-order valence-electron chi connectivity index (χ3n) is 6.38. The van der Waals surface area contributed by atoms with Crippen LogP contribution in [0.25, 0.3) is 0 Å². The number of nitrogens with two attached hydrogens (primary N) is 1. The number of methoxy groups -OCH3 is 1. The summed E-state index contributed by atoms with van der Waals surface area (Å²) in [7, 11) is 1.68. The summed E-state index contributed by atoms with van der Waals surface area (Å²) in [5.74, 6) is 1.28. The molecular weight excluding hydrogens is 390 g/mol. The molecule has 6 heteroatoms. The van der Waals surface area contributed by atoms with E-state index in [4.69, 9.17) is 15.2 Å². The van der Waals surface area contributed by atoms with Crippen LogP contribution in [-0.2, 0) is 11.2 Å². The van der Waals surface area contributed by atoms with Crippen molar-refractivity contribution in [2.75, 3.05) is 31.6 Å². The van der Waals surface area contributed by atoms with Crippen molar-refractivity contribution in [1.29, 1.82) is 0 Å². The number of rotatable bonds is 8. The topological polar surface area (TPSA) is 76.8 Å². The minimum atomic E-state index is -0.405. The Hall–Kier alpha value is -2.73. The van der Waals surface area contributed by atoms with E-state index in [1.165, 1.54) is 18.4 Å². The van der Waals surface area contributed by atoms with Gasteiger partial charge in [0.15, 0.2) is 11.5 Å². The molecule has 0 bridgehead atoms. The van der Waals surface area contributed by atoms with Gasteiger partial charge in [-0.3, -0.25) is 4.79 Å². The average Bonchev–Trinajstić information content (AvgIpc) is 3.27. The molecule has 1 saturated carbocycles. The second-order valence-electron chi connectivity index (χ2n) is 8.79. The number of benzene rings is 2. The van der Waals surface area contributed by atoms with Crippen LogP contribution in [0.3, 0.4) is 0 Å². The summed E-state index contributed by atoms with van der Waals surface area (Å²) >= 11 is 0. The molecule has 31 heavy (non-hydrogen) atoms. The van der Waals surface area contributed by atoms with E-state index >= 15 is 0 Å². The Labute approximate surface area is 184 Å².